The third kappa shape index (κ3) is 4.39. The van der Waals surface area contributed by atoms with Crippen LogP contribution in [-0.2, 0) is 38.1 Å². The fourth-order valence-electron chi connectivity index (χ4n) is 2.14. The molecule has 22 heavy (non-hydrogen) atoms. The summed E-state index contributed by atoms with van der Waals surface area (Å²) < 4.78 is 24.4. The second-order valence-electron chi connectivity index (χ2n) is 4.90. The highest BCUT2D eigenvalue weighted by Gasteiger charge is 2.53. The molecule has 0 unspecified atom stereocenters. The Kier molecular flexibility index (Phi) is 6.27. The van der Waals surface area contributed by atoms with Crippen molar-refractivity contribution in [1.29, 1.82) is 0 Å². The summed E-state index contributed by atoms with van der Waals surface area (Å²) in [4.78, 5) is 34.5. The molecule has 0 bridgehead atoms. The Bertz CT molecular complexity index is 409. The Hall–Kier alpha value is -1.71. The summed E-state index contributed by atoms with van der Waals surface area (Å²) in [5.74, 6) is -3.67. The van der Waals surface area contributed by atoms with Crippen molar-refractivity contribution in [3.63, 3.8) is 0 Å². The molecule has 126 valence electrons. The average Bonchev–Trinajstić information content (AvgIpc) is 2.82. The fraction of sp³-hybridized carbons (Fsp3) is 0.769. The summed E-state index contributed by atoms with van der Waals surface area (Å²) in [6, 6.07) is 0. The minimum Gasteiger partial charge on any atom is -0.469 e. The molecule has 0 aromatic heterocycles. The molecule has 1 aliphatic heterocycles. The van der Waals surface area contributed by atoms with Crippen LogP contribution in [0.1, 0.15) is 19.8 Å². The van der Waals surface area contributed by atoms with Gasteiger partial charge in [-0.25, -0.2) is 9.59 Å². The minimum absolute atomic E-state index is 0.150. The summed E-state index contributed by atoms with van der Waals surface area (Å²) in [6.45, 7) is 1.44. The molecule has 9 heteroatoms. The van der Waals surface area contributed by atoms with Gasteiger partial charge in [-0.15, -0.1) is 0 Å². The Balaban J connectivity index is 2.80. The van der Waals surface area contributed by atoms with Gasteiger partial charge >= 0.3 is 17.9 Å². The quantitative estimate of drug-likeness (QED) is 0.493. The van der Waals surface area contributed by atoms with Crippen LogP contribution in [-0.4, -0.2) is 68.4 Å². The molecule has 0 amide bonds. The van der Waals surface area contributed by atoms with Gasteiger partial charge in [-0.3, -0.25) is 4.79 Å². The maximum absolute atomic E-state index is 11.7. The van der Waals surface area contributed by atoms with Gasteiger partial charge in [0.1, 0.15) is 0 Å². The fourth-order valence-corrected chi connectivity index (χ4v) is 2.14. The molecule has 1 saturated heterocycles. The molecule has 1 heterocycles. The lowest BCUT2D eigenvalue weighted by atomic mass is 10.1. The number of aliphatic hydroxyl groups is 1. The van der Waals surface area contributed by atoms with Crippen LogP contribution in [0, 0.1) is 0 Å². The first-order valence-corrected chi connectivity index (χ1v) is 6.52. The van der Waals surface area contributed by atoms with Crippen molar-refractivity contribution >= 4 is 17.9 Å². The molecule has 9 nitrogen and oxygen atoms in total. The highest BCUT2D eigenvalue weighted by Crippen LogP contribution is 2.34. The highest BCUT2D eigenvalue weighted by molar-refractivity contribution is 5.86. The molecule has 1 N–H and O–H groups in total. The summed E-state index contributed by atoms with van der Waals surface area (Å²) in [7, 11) is 3.48. The van der Waals surface area contributed by atoms with E-state index < -0.39 is 42.0 Å². The largest absolute Gasteiger partial charge is 0.469 e. The molecular weight excluding hydrogens is 300 g/mol. The van der Waals surface area contributed by atoms with Gasteiger partial charge in [-0.05, 0) is 6.92 Å². The van der Waals surface area contributed by atoms with E-state index in [4.69, 9.17) is 9.47 Å². The SMILES string of the molecule is COC(=O)C[C@H](O)CC1(C)O[C@@H](C(=O)OC)[C@H](C(=O)OC)O1. The number of hydrogen-bond acceptors (Lipinski definition) is 9. The van der Waals surface area contributed by atoms with Crippen molar-refractivity contribution in [3.8, 4) is 0 Å². The lowest BCUT2D eigenvalue weighted by Crippen LogP contribution is -2.38. The number of methoxy groups -OCH3 is 3. The molecule has 0 spiro atoms. The van der Waals surface area contributed by atoms with Gasteiger partial charge in [0, 0.05) is 6.42 Å². The van der Waals surface area contributed by atoms with E-state index in [9.17, 15) is 19.5 Å². The molecule has 0 radical (unpaired) electrons. The van der Waals surface area contributed by atoms with E-state index in [0.717, 1.165) is 14.2 Å². The van der Waals surface area contributed by atoms with E-state index in [0.29, 0.717) is 0 Å². The minimum atomic E-state index is -1.45. The molecule has 1 rings (SSSR count). The molecular formula is C13H20O9. The molecule has 0 saturated carbocycles. The summed E-state index contributed by atoms with van der Waals surface area (Å²) in [5, 5.41) is 9.85. The number of esters is 3. The Morgan fingerprint density at radius 1 is 1.05 bits per heavy atom. The van der Waals surface area contributed by atoms with Crippen molar-refractivity contribution < 1.29 is 43.2 Å². The predicted molar refractivity (Wildman–Crippen MR) is 69.4 cm³/mol. The summed E-state index contributed by atoms with van der Waals surface area (Å²) >= 11 is 0. The lowest BCUT2D eigenvalue weighted by molar-refractivity contribution is -0.193. The standard InChI is InChI=1S/C13H20O9/c1-13(6-7(14)5-8(15)18-2)21-9(11(16)19-3)10(22-13)12(17)20-4/h7,9-10,14H,5-6H2,1-4H3/t7-,9+,10+/m0/s1. The first-order chi connectivity index (χ1) is 10.3. The van der Waals surface area contributed by atoms with E-state index in [-0.39, 0.29) is 12.8 Å². The van der Waals surface area contributed by atoms with Crippen LogP contribution in [0.4, 0.5) is 0 Å². The van der Waals surface area contributed by atoms with Crippen LogP contribution in [0.15, 0.2) is 0 Å². The van der Waals surface area contributed by atoms with E-state index in [1.165, 1.54) is 14.0 Å². The highest BCUT2D eigenvalue weighted by atomic mass is 16.8. The van der Waals surface area contributed by atoms with Gasteiger partial charge in [0.2, 0.25) is 0 Å². The molecule has 0 aromatic rings. The van der Waals surface area contributed by atoms with Crippen LogP contribution in [0.2, 0.25) is 0 Å². The van der Waals surface area contributed by atoms with Crippen molar-refractivity contribution in [2.75, 3.05) is 21.3 Å². The molecule has 1 aliphatic rings. The van der Waals surface area contributed by atoms with Crippen LogP contribution in [0.25, 0.3) is 0 Å². The molecule has 0 aromatic carbocycles. The second kappa shape index (κ2) is 7.52. The van der Waals surface area contributed by atoms with Gasteiger partial charge in [-0.1, -0.05) is 0 Å². The zero-order valence-corrected chi connectivity index (χ0v) is 12.9. The van der Waals surface area contributed by atoms with Gasteiger partial charge in [0.15, 0.2) is 18.0 Å². The topological polar surface area (TPSA) is 118 Å². The molecule has 3 atom stereocenters. The first-order valence-electron chi connectivity index (χ1n) is 6.52. The van der Waals surface area contributed by atoms with Gasteiger partial charge < -0.3 is 28.8 Å². The van der Waals surface area contributed by atoms with Crippen molar-refractivity contribution in [3.05, 3.63) is 0 Å². The predicted octanol–water partition coefficient (Wildman–Crippen LogP) is -0.853. The summed E-state index contributed by atoms with van der Waals surface area (Å²) in [5.41, 5.74) is 0. The van der Waals surface area contributed by atoms with E-state index in [2.05, 4.69) is 14.2 Å². The monoisotopic (exact) mass is 320 g/mol. The third-order valence-electron chi connectivity index (χ3n) is 3.13. The van der Waals surface area contributed by atoms with Crippen LogP contribution < -0.4 is 0 Å². The van der Waals surface area contributed by atoms with E-state index in [1.54, 1.807) is 0 Å². The maximum atomic E-state index is 11.7. The van der Waals surface area contributed by atoms with Gasteiger partial charge in [0.05, 0.1) is 33.9 Å². The van der Waals surface area contributed by atoms with Crippen molar-refractivity contribution in [1.82, 2.24) is 0 Å². The van der Waals surface area contributed by atoms with Gasteiger partial charge in [0.25, 0.3) is 0 Å². The van der Waals surface area contributed by atoms with Gasteiger partial charge in [-0.2, -0.15) is 0 Å². The first kappa shape index (κ1) is 18.3. The third-order valence-corrected chi connectivity index (χ3v) is 3.13. The number of ether oxygens (including phenoxy) is 5. The Morgan fingerprint density at radius 3 is 1.86 bits per heavy atom. The number of rotatable bonds is 6. The number of aliphatic hydroxyl groups excluding tert-OH is 1. The maximum Gasteiger partial charge on any atom is 0.338 e. The number of carbonyl (C=O) groups excluding carboxylic acids is 3. The van der Waals surface area contributed by atoms with E-state index >= 15 is 0 Å². The summed E-state index contributed by atoms with van der Waals surface area (Å²) in [6.07, 6.45) is -4.18. The van der Waals surface area contributed by atoms with Crippen LogP contribution in [0.3, 0.4) is 0 Å². The van der Waals surface area contributed by atoms with Crippen LogP contribution >= 0.6 is 0 Å². The lowest BCUT2D eigenvalue weighted by Gasteiger charge is -2.25. The number of carbonyl (C=O) groups is 3. The van der Waals surface area contributed by atoms with Crippen LogP contribution in [0.5, 0.6) is 0 Å². The van der Waals surface area contributed by atoms with Crippen molar-refractivity contribution in [2.24, 2.45) is 0 Å². The number of hydrogen-bond donors (Lipinski definition) is 1. The Morgan fingerprint density at radius 2 is 1.50 bits per heavy atom. The van der Waals surface area contributed by atoms with Crippen molar-refractivity contribution in [2.45, 2.75) is 43.9 Å². The molecule has 0 aliphatic carbocycles. The second-order valence-corrected chi connectivity index (χ2v) is 4.90. The zero-order valence-electron chi connectivity index (χ0n) is 12.9. The Labute approximate surface area is 127 Å². The smallest absolute Gasteiger partial charge is 0.338 e. The average molecular weight is 320 g/mol. The van der Waals surface area contributed by atoms with E-state index in [1.807, 2.05) is 0 Å². The zero-order chi connectivity index (χ0) is 16.9. The normalized spacial score (nSPS) is 24.4. The molecule has 1 fully saturated rings.